The Labute approximate surface area is 89.9 Å². The molecule has 0 saturated carbocycles. The Morgan fingerprint density at radius 3 is 2.86 bits per heavy atom. The molecule has 1 aromatic rings. The lowest BCUT2D eigenvalue weighted by Gasteiger charge is -2.06. The third-order valence-electron chi connectivity index (χ3n) is 2.20. The number of nitrogens with zero attached hydrogens (tertiary/aromatic N) is 2. The van der Waals surface area contributed by atoms with Crippen molar-refractivity contribution < 1.29 is 0 Å². The van der Waals surface area contributed by atoms with E-state index in [4.69, 9.17) is 5.73 Å². The van der Waals surface area contributed by atoms with Crippen molar-refractivity contribution in [3.63, 3.8) is 0 Å². The van der Waals surface area contributed by atoms with Crippen molar-refractivity contribution in [1.29, 1.82) is 0 Å². The van der Waals surface area contributed by atoms with Crippen LogP contribution in [-0.4, -0.2) is 37.1 Å². The van der Waals surface area contributed by atoms with Crippen molar-refractivity contribution in [3.8, 4) is 0 Å². The average Bonchev–Trinajstić information content (AvgIpc) is 2.62. The Morgan fingerprint density at radius 2 is 2.29 bits per heavy atom. The van der Waals surface area contributed by atoms with Crippen LogP contribution in [0.15, 0.2) is 5.38 Å². The zero-order valence-electron chi connectivity index (χ0n) is 9.16. The second-order valence-corrected chi connectivity index (χ2v) is 4.80. The van der Waals surface area contributed by atoms with Gasteiger partial charge in [0.15, 0.2) is 0 Å². The normalized spacial score (nSPS) is 13.5. The van der Waals surface area contributed by atoms with Crippen molar-refractivity contribution in [2.45, 2.75) is 19.3 Å². The quantitative estimate of drug-likeness (QED) is 0.802. The molecule has 0 aliphatic rings. The molecular formula is C10H19N3S. The fraction of sp³-hybridized carbons (Fsp3) is 0.700. The molecule has 1 aromatic heterocycles. The monoisotopic (exact) mass is 213 g/mol. The lowest BCUT2D eigenvalue weighted by Crippen LogP contribution is -2.15. The molecule has 0 bridgehead atoms. The van der Waals surface area contributed by atoms with Gasteiger partial charge in [-0.2, -0.15) is 0 Å². The van der Waals surface area contributed by atoms with Gasteiger partial charge in [0.05, 0.1) is 10.7 Å². The van der Waals surface area contributed by atoms with E-state index in [9.17, 15) is 0 Å². The first-order valence-corrected chi connectivity index (χ1v) is 5.80. The molecule has 0 fully saturated rings. The number of likely N-dealkylation sites (N-methyl/N-ethyl adjacent to an activating group) is 1. The molecule has 3 nitrogen and oxygen atoms in total. The van der Waals surface area contributed by atoms with E-state index in [1.54, 1.807) is 11.3 Å². The Balaban J connectivity index is 2.50. The molecule has 0 aromatic carbocycles. The smallest absolute Gasteiger partial charge is 0.0941 e. The number of aromatic nitrogens is 1. The number of nitrogens with two attached hydrogens (primary N) is 1. The maximum Gasteiger partial charge on any atom is 0.0941 e. The van der Waals surface area contributed by atoms with E-state index in [0.717, 1.165) is 18.7 Å². The fourth-order valence-electron chi connectivity index (χ4n) is 1.11. The standard InChI is InChI=1S/C10H19N3S/c1-8(6-11)9-7-14-10(12-9)4-5-13(2)3/h7-8H,4-6,11H2,1-3H3. The van der Waals surface area contributed by atoms with Crippen LogP contribution in [0.4, 0.5) is 0 Å². The van der Waals surface area contributed by atoms with Crippen LogP contribution in [0.1, 0.15) is 23.5 Å². The van der Waals surface area contributed by atoms with Crippen LogP contribution in [0.5, 0.6) is 0 Å². The van der Waals surface area contributed by atoms with Gasteiger partial charge in [-0.25, -0.2) is 4.98 Å². The second-order valence-electron chi connectivity index (χ2n) is 3.86. The molecule has 1 atom stereocenters. The third kappa shape index (κ3) is 3.36. The molecule has 80 valence electrons. The van der Waals surface area contributed by atoms with E-state index in [1.807, 2.05) is 0 Å². The van der Waals surface area contributed by atoms with Crippen LogP contribution in [0.3, 0.4) is 0 Å². The molecule has 0 aliphatic heterocycles. The van der Waals surface area contributed by atoms with E-state index in [2.05, 4.69) is 36.3 Å². The molecule has 2 N–H and O–H groups in total. The number of rotatable bonds is 5. The van der Waals surface area contributed by atoms with Crippen LogP contribution in [0.25, 0.3) is 0 Å². The number of hydrogen-bond donors (Lipinski definition) is 1. The summed E-state index contributed by atoms with van der Waals surface area (Å²) < 4.78 is 0. The van der Waals surface area contributed by atoms with Gasteiger partial charge in [0, 0.05) is 30.8 Å². The highest BCUT2D eigenvalue weighted by molar-refractivity contribution is 7.09. The molecule has 1 rings (SSSR count). The van der Waals surface area contributed by atoms with Crippen LogP contribution in [-0.2, 0) is 6.42 Å². The van der Waals surface area contributed by atoms with E-state index >= 15 is 0 Å². The van der Waals surface area contributed by atoms with Crippen molar-refractivity contribution in [3.05, 3.63) is 16.1 Å². The highest BCUT2D eigenvalue weighted by atomic mass is 32.1. The first-order valence-electron chi connectivity index (χ1n) is 4.92. The summed E-state index contributed by atoms with van der Waals surface area (Å²) in [5.41, 5.74) is 6.74. The summed E-state index contributed by atoms with van der Waals surface area (Å²) in [5.74, 6) is 0.388. The lowest BCUT2D eigenvalue weighted by atomic mass is 10.1. The van der Waals surface area contributed by atoms with Crippen molar-refractivity contribution in [2.24, 2.45) is 5.73 Å². The topological polar surface area (TPSA) is 42.1 Å². The van der Waals surface area contributed by atoms with Crippen LogP contribution in [0.2, 0.25) is 0 Å². The molecule has 0 aliphatic carbocycles. The van der Waals surface area contributed by atoms with Crippen molar-refractivity contribution >= 4 is 11.3 Å². The van der Waals surface area contributed by atoms with Gasteiger partial charge in [0.1, 0.15) is 0 Å². The first kappa shape index (κ1) is 11.6. The summed E-state index contributed by atoms with van der Waals surface area (Å²) in [4.78, 5) is 6.74. The van der Waals surface area contributed by atoms with Crippen LogP contribution >= 0.6 is 11.3 Å². The predicted molar refractivity (Wildman–Crippen MR) is 61.8 cm³/mol. The van der Waals surface area contributed by atoms with Gasteiger partial charge in [0.25, 0.3) is 0 Å². The summed E-state index contributed by atoms with van der Waals surface area (Å²) in [6.07, 6.45) is 1.04. The molecular weight excluding hydrogens is 194 g/mol. The maximum absolute atomic E-state index is 5.59. The van der Waals surface area contributed by atoms with E-state index in [0.29, 0.717) is 12.5 Å². The molecule has 1 unspecified atom stereocenters. The highest BCUT2D eigenvalue weighted by Crippen LogP contribution is 2.17. The highest BCUT2D eigenvalue weighted by Gasteiger charge is 2.08. The Kier molecular flexibility index (Phi) is 4.51. The van der Waals surface area contributed by atoms with Gasteiger partial charge in [-0.1, -0.05) is 6.92 Å². The lowest BCUT2D eigenvalue weighted by molar-refractivity contribution is 0.413. The van der Waals surface area contributed by atoms with Crippen molar-refractivity contribution in [1.82, 2.24) is 9.88 Å². The van der Waals surface area contributed by atoms with Crippen LogP contribution in [0, 0.1) is 0 Å². The Morgan fingerprint density at radius 1 is 1.57 bits per heavy atom. The summed E-state index contributed by atoms with van der Waals surface area (Å²) in [6, 6.07) is 0. The molecule has 0 spiro atoms. The number of hydrogen-bond acceptors (Lipinski definition) is 4. The van der Waals surface area contributed by atoms with Gasteiger partial charge in [0.2, 0.25) is 0 Å². The summed E-state index contributed by atoms with van der Waals surface area (Å²) in [7, 11) is 4.16. The zero-order chi connectivity index (χ0) is 10.6. The Bertz CT molecular complexity index is 270. The van der Waals surface area contributed by atoms with Gasteiger partial charge in [-0.3, -0.25) is 0 Å². The maximum atomic E-state index is 5.59. The van der Waals surface area contributed by atoms with E-state index in [1.165, 1.54) is 5.01 Å². The van der Waals surface area contributed by atoms with Crippen molar-refractivity contribution in [2.75, 3.05) is 27.2 Å². The third-order valence-corrected chi connectivity index (χ3v) is 3.13. The molecule has 0 radical (unpaired) electrons. The van der Waals surface area contributed by atoms with Gasteiger partial charge < -0.3 is 10.6 Å². The predicted octanol–water partition coefficient (Wildman–Crippen LogP) is 1.31. The Hall–Kier alpha value is -0.450. The van der Waals surface area contributed by atoms with Crippen LogP contribution < -0.4 is 5.73 Å². The molecule has 1 heterocycles. The minimum atomic E-state index is 0.388. The molecule has 14 heavy (non-hydrogen) atoms. The fourth-order valence-corrected chi connectivity index (χ4v) is 2.02. The van der Waals surface area contributed by atoms with Gasteiger partial charge >= 0.3 is 0 Å². The average molecular weight is 213 g/mol. The second kappa shape index (κ2) is 5.44. The summed E-state index contributed by atoms with van der Waals surface area (Å²) in [6.45, 7) is 3.85. The molecule has 0 saturated heterocycles. The summed E-state index contributed by atoms with van der Waals surface area (Å²) in [5, 5.41) is 3.34. The first-order chi connectivity index (χ1) is 6.63. The minimum Gasteiger partial charge on any atom is -0.330 e. The van der Waals surface area contributed by atoms with E-state index < -0.39 is 0 Å². The largest absolute Gasteiger partial charge is 0.330 e. The van der Waals surface area contributed by atoms with Gasteiger partial charge in [-0.15, -0.1) is 11.3 Å². The summed E-state index contributed by atoms with van der Waals surface area (Å²) >= 11 is 1.74. The molecule has 0 amide bonds. The SMILES string of the molecule is CC(CN)c1csc(CCN(C)C)n1. The van der Waals surface area contributed by atoms with Gasteiger partial charge in [-0.05, 0) is 14.1 Å². The van der Waals surface area contributed by atoms with E-state index in [-0.39, 0.29) is 0 Å². The zero-order valence-corrected chi connectivity index (χ0v) is 9.97. The number of thiazole rings is 1. The minimum absolute atomic E-state index is 0.388. The molecule has 4 heteroatoms.